The number of methoxy groups -OCH3 is 1. The van der Waals surface area contributed by atoms with Crippen LogP contribution in [0.5, 0.6) is 0 Å². The summed E-state index contributed by atoms with van der Waals surface area (Å²) in [5.41, 5.74) is 0. The Bertz CT molecular complexity index is 196. The number of ketones is 2. The summed E-state index contributed by atoms with van der Waals surface area (Å²) >= 11 is 0. The maximum Gasteiger partial charge on any atom is 0.164 e. The molecule has 76 valence electrons. The van der Waals surface area contributed by atoms with Crippen molar-refractivity contribution >= 4 is 11.6 Å². The molecule has 0 aliphatic heterocycles. The molecule has 2 unspecified atom stereocenters. The molecule has 0 aromatic rings. The molecule has 0 saturated heterocycles. The molecule has 0 aromatic carbocycles. The fourth-order valence-electron chi connectivity index (χ4n) is 1.11. The highest BCUT2D eigenvalue weighted by molar-refractivity contribution is 5.91. The minimum atomic E-state index is -0.586. The lowest BCUT2D eigenvalue weighted by atomic mass is 9.92. The molecule has 13 heavy (non-hydrogen) atoms. The molecular weight excluding hydrogens is 168 g/mol. The molecule has 0 N–H and O–H groups in total. The highest BCUT2D eigenvalue weighted by Crippen LogP contribution is 2.13. The summed E-state index contributed by atoms with van der Waals surface area (Å²) in [5.74, 6) is -0.460. The molecule has 0 amide bonds. The van der Waals surface area contributed by atoms with Crippen molar-refractivity contribution in [2.45, 2.75) is 33.8 Å². The minimum Gasteiger partial charge on any atom is -0.373 e. The standard InChI is InChI=1S/C10H18O3/c1-6(2)9(12)10(13-5)7(3)8(4)11/h6-7,10H,1-5H3. The number of ether oxygens (including phenoxy) is 1. The summed E-state index contributed by atoms with van der Waals surface area (Å²) in [6, 6.07) is 0. The van der Waals surface area contributed by atoms with Crippen LogP contribution in [-0.4, -0.2) is 24.8 Å². The predicted octanol–water partition coefficient (Wildman–Crippen LogP) is 1.45. The average Bonchev–Trinajstić information content (AvgIpc) is 2.04. The van der Waals surface area contributed by atoms with Crippen LogP contribution in [0, 0.1) is 11.8 Å². The van der Waals surface area contributed by atoms with Gasteiger partial charge in [-0.05, 0) is 6.92 Å². The molecule has 3 nitrogen and oxygen atoms in total. The van der Waals surface area contributed by atoms with Crippen LogP contribution in [-0.2, 0) is 14.3 Å². The number of hydrogen-bond acceptors (Lipinski definition) is 3. The van der Waals surface area contributed by atoms with Crippen LogP contribution in [0.15, 0.2) is 0 Å². The van der Waals surface area contributed by atoms with Crippen molar-refractivity contribution in [1.29, 1.82) is 0 Å². The Kier molecular flexibility index (Phi) is 4.85. The quantitative estimate of drug-likeness (QED) is 0.652. The molecule has 0 heterocycles. The van der Waals surface area contributed by atoms with E-state index in [1.165, 1.54) is 14.0 Å². The lowest BCUT2D eigenvalue weighted by Crippen LogP contribution is -2.36. The average molecular weight is 186 g/mol. The van der Waals surface area contributed by atoms with E-state index in [-0.39, 0.29) is 23.4 Å². The molecule has 0 bridgehead atoms. The first-order chi connectivity index (χ1) is 5.91. The Morgan fingerprint density at radius 1 is 1.15 bits per heavy atom. The van der Waals surface area contributed by atoms with Gasteiger partial charge < -0.3 is 4.74 Å². The number of rotatable bonds is 5. The summed E-state index contributed by atoms with van der Waals surface area (Å²) in [4.78, 5) is 22.6. The highest BCUT2D eigenvalue weighted by Gasteiger charge is 2.29. The predicted molar refractivity (Wildman–Crippen MR) is 50.5 cm³/mol. The zero-order valence-corrected chi connectivity index (χ0v) is 8.96. The smallest absolute Gasteiger partial charge is 0.164 e. The van der Waals surface area contributed by atoms with E-state index < -0.39 is 6.10 Å². The Morgan fingerprint density at radius 2 is 1.62 bits per heavy atom. The van der Waals surface area contributed by atoms with Crippen LogP contribution in [0.3, 0.4) is 0 Å². The van der Waals surface area contributed by atoms with Crippen molar-refractivity contribution in [3.05, 3.63) is 0 Å². The Balaban J connectivity index is 4.50. The second-order valence-electron chi connectivity index (χ2n) is 3.61. The number of carbonyl (C=O) groups is 2. The molecule has 0 aromatic heterocycles. The highest BCUT2D eigenvalue weighted by atomic mass is 16.5. The van der Waals surface area contributed by atoms with Gasteiger partial charge in [0.15, 0.2) is 5.78 Å². The molecular formula is C10H18O3. The molecule has 0 spiro atoms. The van der Waals surface area contributed by atoms with Gasteiger partial charge in [-0.25, -0.2) is 0 Å². The molecule has 2 atom stereocenters. The van der Waals surface area contributed by atoms with Gasteiger partial charge in [0.1, 0.15) is 11.9 Å². The zero-order valence-electron chi connectivity index (χ0n) is 8.96. The fraction of sp³-hybridized carbons (Fsp3) is 0.800. The van der Waals surface area contributed by atoms with Gasteiger partial charge in [-0.2, -0.15) is 0 Å². The van der Waals surface area contributed by atoms with Crippen molar-refractivity contribution in [2.75, 3.05) is 7.11 Å². The summed E-state index contributed by atoms with van der Waals surface area (Å²) in [6.07, 6.45) is -0.586. The van der Waals surface area contributed by atoms with Gasteiger partial charge >= 0.3 is 0 Å². The summed E-state index contributed by atoms with van der Waals surface area (Å²) < 4.78 is 5.03. The molecule has 0 fully saturated rings. The zero-order chi connectivity index (χ0) is 10.6. The van der Waals surface area contributed by atoms with E-state index in [0.29, 0.717) is 0 Å². The number of Topliss-reactive ketones (excluding diaryl/α,β-unsaturated/α-hetero) is 2. The van der Waals surface area contributed by atoms with Crippen LogP contribution >= 0.6 is 0 Å². The lowest BCUT2D eigenvalue weighted by Gasteiger charge is -2.20. The minimum absolute atomic E-state index is 0.00907. The van der Waals surface area contributed by atoms with Crippen molar-refractivity contribution < 1.29 is 14.3 Å². The third kappa shape index (κ3) is 3.27. The monoisotopic (exact) mass is 186 g/mol. The first-order valence-corrected chi connectivity index (χ1v) is 4.48. The van der Waals surface area contributed by atoms with E-state index in [0.717, 1.165) is 0 Å². The number of hydrogen-bond donors (Lipinski definition) is 0. The normalized spacial score (nSPS) is 15.5. The van der Waals surface area contributed by atoms with Gasteiger partial charge in [0.25, 0.3) is 0 Å². The van der Waals surface area contributed by atoms with E-state index in [1.54, 1.807) is 20.8 Å². The van der Waals surface area contributed by atoms with Crippen LogP contribution < -0.4 is 0 Å². The molecule has 0 aliphatic carbocycles. The summed E-state index contributed by atoms with van der Waals surface area (Å²) in [5, 5.41) is 0. The van der Waals surface area contributed by atoms with Gasteiger partial charge in [0.2, 0.25) is 0 Å². The van der Waals surface area contributed by atoms with Gasteiger partial charge in [0, 0.05) is 18.9 Å². The maximum atomic E-state index is 11.5. The molecule has 0 rings (SSSR count). The topological polar surface area (TPSA) is 43.4 Å². The van der Waals surface area contributed by atoms with Crippen LogP contribution in [0.1, 0.15) is 27.7 Å². The second kappa shape index (κ2) is 5.12. The number of carbonyl (C=O) groups excluding carboxylic acids is 2. The molecule has 3 heteroatoms. The molecule has 0 radical (unpaired) electrons. The lowest BCUT2D eigenvalue weighted by molar-refractivity contribution is -0.140. The van der Waals surface area contributed by atoms with Gasteiger partial charge in [-0.15, -0.1) is 0 Å². The first-order valence-electron chi connectivity index (χ1n) is 4.48. The van der Waals surface area contributed by atoms with Gasteiger partial charge in [-0.1, -0.05) is 20.8 Å². The van der Waals surface area contributed by atoms with Gasteiger partial charge in [-0.3, -0.25) is 9.59 Å². The van der Waals surface area contributed by atoms with E-state index in [2.05, 4.69) is 0 Å². The van der Waals surface area contributed by atoms with E-state index in [4.69, 9.17) is 4.74 Å². The van der Waals surface area contributed by atoms with Crippen LogP contribution in [0.4, 0.5) is 0 Å². The van der Waals surface area contributed by atoms with Crippen molar-refractivity contribution in [1.82, 2.24) is 0 Å². The van der Waals surface area contributed by atoms with E-state index in [1.807, 2.05) is 0 Å². The largest absolute Gasteiger partial charge is 0.373 e. The summed E-state index contributed by atoms with van der Waals surface area (Å²) in [6.45, 7) is 6.81. The Morgan fingerprint density at radius 3 is 1.85 bits per heavy atom. The molecule has 0 saturated carbocycles. The van der Waals surface area contributed by atoms with E-state index in [9.17, 15) is 9.59 Å². The van der Waals surface area contributed by atoms with Crippen molar-refractivity contribution in [3.63, 3.8) is 0 Å². The molecule has 0 aliphatic rings. The maximum absolute atomic E-state index is 11.5. The Labute approximate surface area is 79.5 Å². The van der Waals surface area contributed by atoms with Crippen molar-refractivity contribution in [2.24, 2.45) is 11.8 Å². The third-order valence-electron chi connectivity index (χ3n) is 2.20. The fourth-order valence-corrected chi connectivity index (χ4v) is 1.11. The van der Waals surface area contributed by atoms with Gasteiger partial charge in [0.05, 0.1) is 0 Å². The van der Waals surface area contributed by atoms with Crippen LogP contribution in [0.2, 0.25) is 0 Å². The SMILES string of the molecule is COC(C(=O)C(C)C)C(C)C(C)=O. The summed E-state index contributed by atoms with van der Waals surface area (Å²) in [7, 11) is 1.46. The second-order valence-corrected chi connectivity index (χ2v) is 3.61. The van der Waals surface area contributed by atoms with Crippen molar-refractivity contribution in [3.8, 4) is 0 Å². The first kappa shape index (κ1) is 12.3. The Hall–Kier alpha value is -0.700. The van der Waals surface area contributed by atoms with Crippen LogP contribution in [0.25, 0.3) is 0 Å². The van der Waals surface area contributed by atoms with E-state index >= 15 is 0 Å². The third-order valence-corrected chi connectivity index (χ3v) is 2.20.